The number of aromatic nitrogens is 3. The lowest BCUT2D eigenvalue weighted by molar-refractivity contribution is 0.0564. The molecular weight excluding hydrogens is 663 g/mol. The van der Waals surface area contributed by atoms with Gasteiger partial charge in [-0.05, 0) is 72.0 Å². The van der Waals surface area contributed by atoms with E-state index >= 15 is 0 Å². The molecule has 0 fully saturated rings. The molecule has 5 aromatic carbocycles. The topological polar surface area (TPSA) is 135 Å². The van der Waals surface area contributed by atoms with Gasteiger partial charge in [0.2, 0.25) is 0 Å². The van der Waals surface area contributed by atoms with Crippen molar-refractivity contribution in [2.45, 2.75) is 44.0 Å². The minimum Gasteiger partial charge on any atom is -0.491 e. The van der Waals surface area contributed by atoms with E-state index in [1.165, 1.54) is 18.2 Å². The van der Waals surface area contributed by atoms with Gasteiger partial charge in [0.15, 0.2) is 0 Å². The Labute approximate surface area is 287 Å². The van der Waals surface area contributed by atoms with E-state index in [1.807, 2.05) is 97.4 Å². The lowest BCUT2D eigenvalue weighted by atomic mass is 9.78. The SMILES string of the molecule is CC(C)Oc1ccc(C(=O)O)c(-c2ccc(CC(Cc3ccc(C(F)(F)P(=O)(O)O)cc3)(c3ccccc3)n3nnc4ccccc43)cc2)c1. The molecule has 0 saturated carbocycles. The van der Waals surface area contributed by atoms with Gasteiger partial charge in [-0.15, -0.1) is 5.10 Å². The first-order chi connectivity index (χ1) is 23.8. The molecule has 0 amide bonds. The van der Waals surface area contributed by atoms with Crippen molar-refractivity contribution in [1.29, 1.82) is 0 Å². The second-order valence-electron chi connectivity index (χ2n) is 12.4. The van der Waals surface area contributed by atoms with Crippen LogP contribution >= 0.6 is 7.60 Å². The van der Waals surface area contributed by atoms with Gasteiger partial charge in [0.1, 0.15) is 11.3 Å². The minimum absolute atomic E-state index is 0.0985. The van der Waals surface area contributed by atoms with Gasteiger partial charge in [0, 0.05) is 18.4 Å². The largest absolute Gasteiger partial charge is 0.491 e. The number of ether oxygens (including phenoxy) is 1. The number of para-hydroxylation sites is 1. The summed E-state index contributed by atoms with van der Waals surface area (Å²) in [6, 6.07) is 34.5. The summed E-state index contributed by atoms with van der Waals surface area (Å²) in [6.07, 6.45) is 0.498. The van der Waals surface area contributed by atoms with Crippen molar-refractivity contribution < 1.29 is 37.8 Å². The summed E-state index contributed by atoms with van der Waals surface area (Å²) in [5.74, 6) is -0.513. The van der Waals surface area contributed by atoms with Gasteiger partial charge in [-0.1, -0.05) is 96.2 Å². The molecule has 3 N–H and O–H groups in total. The lowest BCUT2D eigenvalue weighted by Gasteiger charge is -2.36. The van der Waals surface area contributed by atoms with Crippen LogP contribution in [-0.4, -0.2) is 42.0 Å². The molecular formula is C38H34F2N3O6P. The predicted octanol–water partition coefficient (Wildman–Crippen LogP) is 8.04. The highest BCUT2D eigenvalue weighted by Crippen LogP contribution is 2.59. The summed E-state index contributed by atoms with van der Waals surface area (Å²) in [7, 11) is -5.75. The van der Waals surface area contributed by atoms with Crippen LogP contribution in [0.3, 0.4) is 0 Å². The maximum absolute atomic E-state index is 14.6. The zero-order valence-corrected chi connectivity index (χ0v) is 28.0. The maximum atomic E-state index is 14.6. The summed E-state index contributed by atoms with van der Waals surface area (Å²) in [5.41, 5.74) is -1.04. The molecule has 256 valence electrons. The van der Waals surface area contributed by atoms with E-state index < -0.39 is 30.3 Å². The maximum Gasteiger partial charge on any atom is 0.399 e. The number of aromatic carboxylic acids is 1. The number of halogens is 2. The minimum atomic E-state index is -5.75. The first-order valence-electron chi connectivity index (χ1n) is 15.8. The van der Waals surface area contributed by atoms with Gasteiger partial charge >= 0.3 is 19.2 Å². The van der Waals surface area contributed by atoms with Gasteiger partial charge in [0.05, 0.1) is 22.7 Å². The van der Waals surface area contributed by atoms with E-state index in [4.69, 9.17) is 4.74 Å². The van der Waals surface area contributed by atoms with Crippen molar-refractivity contribution >= 4 is 24.6 Å². The molecule has 6 aromatic rings. The molecule has 0 aliphatic heterocycles. The smallest absolute Gasteiger partial charge is 0.399 e. The van der Waals surface area contributed by atoms with Gasteiger partial charge in [-0.3, -0.25) is 4.57 Å². The summed E-state index contributed by atoms with van der Waals surface area (Å²) >= 11 is 0. The normalized spacial score (nSPS) is 13.3. The third kappa shape index (κ3) is 6.80. The third-order valence-corrected chi connectivity index (χ3v) is 9.58. The van der Waals surface area contributed by atoms with Gasteiger partial charge in [-0.25, -0.2) is 9.48 Å². The first kappa shape index (κ1) is 34.6. The number of carboxylic acid groups (broad SMARTS) is 1. The Kier molecular flexibility index (Phi) is 9.41. The number of carbonyl (C=O) groups is 1. The average molecular weight is 698 g/mol. The lowest BCUT2D eigenvalue weighted by Crippen LogP contribution is -2.40. The van der Waals surface area contributed by atoms with Crippen LogP contribution in [0.2, 0.25) is 0 Å². The fraction of sp³-hybridized carbons (Fsp3) is 0.184. The van der Waals surface area contributed by atoms with Crippen molar-refractivity contribution in [3.63, 3.8) is 0 Å². The Balaban J connectivity index is 1.47. The standard InChI is InChI=1S/C38H34F2N3O6P/c1-25(2)49-31-20-21-32(36(44)45)33(22-31)28-16-12-26(13-17-28)23-37(29-8-4-3-5-9-29,43-35-11-7-6-10-34(35)41-42-43)24-27-14-18-30(19-15-27)38(39,40)50(46,47)48/h3-22,25H,23-24H2,1-2H3,(H,44,45)(H2,46,47,48). The fourth-order valence-corrected chi connectivity index (χ4v) is 6.72. The number of nitrogens with zero attached hydrogens (tertiary/aromatic N) is 3. The highest BCUT2D eigenvalue weighted by atomic mass is 31.2. The molecule has 0 saturated heterocycles. The van der Waals surface area contributed by atoms with Crippen LogP contribution in [-0.2, 0) is 28.6 Å². The number of alkyl halides is 2. The molecule has 1 aromatic heterocycles. The fourth-order valence-electron chi connectivity index (χ4n) is 6.24. The number of rotatable bonds is 12. The van der Waals surface area contributed by atoms with E-state index in [9.17, 15) is 33.0 Å². The second kappa shape index (κ2) is 13.6. The molecule has 0 aliphatic carbocycles. The molecule has 1 atom stereocenters. The Hall–Kier alpha value is -5.22. The Bertz CT molecular complexity index is 2190. The highest BCUT2D eigenvalue weighted by molar-refractivity contribution is 7.52. The van der Waals surface area contributed by atoms with Crippen molar-refractivity contribution in [2.24, 2.45) is 0 Å². The summed E-state index contributed by atoms with van der Waals surface area (Å²) < 4.78 is 48.3. The van der Waals surface area contributed by atoms with Gasteiger partial charge in [-0.2, -0.15) is 8.78 Å². The highest BCUT2D eigenvalue weighted by Gasteiger charge is 2.50. The zero-order chi connectivity index (χ0) is 35.7. The van der Waals surface area contributed by atoms with Gasteiger partial charge < -0.3 is 19.6 Å². The number of fused-ring (bicyclic) bond motifs is 1. The monoisotopic (exact) mass is 697 g/mol. The van der Waals surface area contributed by atoms with E-state index in [0.29, 0.717) is 34.4 Å². The van der Waals surface area contributed by atoms with E-state index in [1.54, 1.807) is 12.1 Å². The summed E-state index contributed by atoms with van der Waals surface area (Å²) in [4.78, 5) is 30.7. The molecule has 6 rings (SSSR count). The zero-order valence-electron chi connectivity index (χ0n) is 27.1. The third-order valence-electron chi connectivity index (χ3n) is 8.59. The van der Waals surface area contributed by atoms with E-state index in [0.717, 1.165) is 28.8 Å². The second-order valence-corrected chi connectivity index (χ2v) is 14.0. The molecule has 0 spiro atoms. The Morgan fingerprint density at radius 2 is 1.42 bits per heavy atom. The van der Waals surface area contributed by atoms with Crippen LogP contribution in [0.5, 0.6) is 5.75 Å². The molecule has 0 bridgehead atoms. The van der Waals surface area contributed by atoms with Crippen molar-refractivity contribution in [2.75, 3.05) is 0 Å². The first-order valence-corrected chi connectivity index (χ1v) is 17.4. The summed E-state index contributed by atoms with van der Waals surface area (Å²) in [5, 5.41) is 19.0. The number of hydrogen-bond acceptors (Lipinski definition) is 5. The number of benzene rings is 5. The number of hydrogen-bond donors (Lipinski definition) is 3. The van der Waals surface area contributed by atoms with Gasteiger partial charge in [0.25, 0.3) is 0 Å². The van der Waals surface area contributed by atoms with Crippen LogP contribution in [0, 0.1) is 0 Å². The molecule has 0 aliphatic rings. The van der Waals surface area contributed by atoms with E-state index in [-0.39, 0.29) is 18.1 Å². The number of carboxylic acids is 1. The molecule has 0 radical (unpaired) electrons. The van der Waals surface area contributed by atoms with Crippen molar-refractivity contribution in [1.82, 2.24) is 15.0 Å². The van der Waals surface area contributed by atoms with Crippen LogP contribution in [0.25, 0.3) is 22.2 Å². The quantitative estimate of drug-likeness (QED) is 0.109. The predicted molar refractivity (Wildman–Crippen MR) is 185 cm³/mol. The average Bonchev–Trinajstić information content (AvgIpc) is 3.53. The van der Waals surface area contributed by atoms with Crippen molar-refractivity contribution in [3.05, 3.63) is 149 Å². The van der Waals surface area contributed by atoms with Crippen molar-refractivity contribution in [3.8, 4) is 16.9 Å². The van der Waals surface area contributed by atoms with E-state index in [2.05, 4.69) is 10.3 Å². The Morgan fingerprint density at radius 3 is 2.02 bits per heavy atom. The van der Waals surface area contributed by atoms with Crippen LogP contribution in [0.1, 0.15) is 46.5 Å². The summed E-state index contributed by atoms with van der Waals surface area (Å²) in [6.45, 7) is 3.78. The molecule has 9 nitrogen and oxygen atoms in total. The molecule has 1 heterocycles. The van der Waals surface area contributed by atoms with Crippen LogP contribution < -0.4 is 4.74 Å². The molecule has 1 unspecified atom stereocenters. The molecule has 12 heteroatoms. The van der Waals surface area contributed by atoms with Crippen LogP contribution in [0.4, 0.5) is 8.78 Å². The molecule has 50 heavy (non-hydrogen) atoms. The Morgan fingerprint density at radius 1 is 0.820 bits per heavy atom. The van der Waals surface area contributed by atoms with Crippen LogP contribution in [0.15, 0.2) is 121 Å².